The van der Waals surface area contributed by atoms with Gasteiger partial charge in [0.25, 0.3) is 0 Å². The van der Waals surface area contributed by atoms with Gasteiger partial charge in [0.15, 0.2) is 5.96 Å². The first-order valence-corrected chi connectivity index (χ1v) is 8.45. The number of nitrogens with two attached hydrogens (primary N) is 1. The average Bonchev–Trinajstić information content (AvgIpc) is 2.55. The first-order chi connectivity index (χ1) is 11.1. The van der Waals surface area contributed by atoms with Crippen LogP contribution in [0.5, 0.6) is 0 Å². The number of hydrogen-bond acceptors (Lipinski definition) is 3. The molecule has 1 unspecified atom stereocenters. The van der Waals surface area contributed by atoms with E-state index in [4.69, 9.17) is 10.5 Å². The highest BCUT2D eigenvalue weighted by Gasteiger charge is 2.13. The summed E-state index contributed by atoms with van der Waals surface area (Å²) in [5.74, 6) is 0.499. The zero-order valence-electron chi connectivity index (χ0n) is 15.0. The van der Waals surface area contributed by atoms with Gasteiger partial charge in [0.05, 0.1) is 12.6 Å². The average molecular weight is 320 g/mol. The van der Waals surface area contributed by atoms with E-state index in [1.807, 2.05) is 6.92 Å². The molecule has 1 aromatic rings. The van der Waals surface area contributed by atoms with E-state index in [0.29, 0.717) is 12.5 Å². The fraction of sp³-hybridized carbons (Fsp3) is 0.611. The molecule has 1 rings (SSSR count). The molecule has 0 saturated carbocycles. The molecule has 0 bridgehead atoms. The second-order valence-corrected chi connectivity index (χ2v) is 5.78. The van der Waals surface area contributed by atoms with E-state index in [2.05, 4.69) is 60.5 Å². The zero-order chi connectivity index (χ0) is 17.1. The van der Waals surface area contributed by atoms with Gasteiger partial charge < -0.3 is 20.7 Å². The van der Waals surface area contributed by atoms with Crippen molar-refractivity contribution in [2.24, 2.45) is 10.7 Å². The highest BCUT2D eigenvalue weighted by atomic mass is 16.5. The molecule has 0 aromatic heterocycles. The Morgan fingerprint density at radius 2 is 1.96 bits per heavy atom. The fourth-order valence-corrected chi connectivity index (χ4v) is 2.32. The quantitative estimate of drug-likeness (QED) is 0.394. The lowest BCUT2D eigenvalue weighted by Crippen LogP contribution is -2.34. The molecule has 0 fully saturated rings. The Balaban J connectivity index is 2.53. The van der Waals surface area contributed by atoms with Crippen LogP contribution in [-0.4, -0.2) is 51.3 Å². The van der Waals surface area contributed by atoms with Crippen molar-refractivity contribution in [1.82, 2.24) is 10.2 Å². The summed E-state index contributed by atoms with van der Waals surface area (Å²) in [6.07, 6.45) is 1.99. The van der Waals surface area contributed by atoms with Crippen molar-refractivity contribution in [3.63, 3.8) is 0 Å². The van der Waals surface area contributed by atoms with Gasteiger partial charge in [-0.15, -0.1) is 0 Å². The topological polar surface area (TPSA) is 62.9 Å². The van der Waals surface area contributed by atoms with Crippen LogP contribution in [0, 0.1) is 0 Å². The number of hydrogen-bond donors (Lipinski definition) is 2. The minimum absolute atomic E-state index is 0.227. The molecule has 0 aliphatic rings. The molecule has 0 amide bonds. The van der Waals surface area contributed by atoms with Crippen molar-refractivity contribution in [2.75, 3.05) is 40.4 Å². The van der Waals surface area contributed by atoms with E-state index in [9.17, 15) is 0 Å². The van der Waals surface area contributed by atoms with Gasteiger partial charge in [-0.05, 0) is 45.0 Å². The van der Waals surface area contributed by atoms with Crippen LogP contribution in [0.25, 0.3) is 0 Å². The first kappa shape index (κ1) is 19.5. The van der Waals surface area contributed by atoms with Gasteiger partial charge in [-0.1, -0.05) is 31.2 Å². The summed E-state index contributed by atoms with van der Waals surface area (Å²) in [5.41, 5.74) is 8.56. The van der Waals surface area contributed by atoms with Gasteiger partial charge in [0.1, 0.15) is 0 Å². The Labute approximate surface area is 140 Å². The van der Waals surface area contributed by atoms with E-state index < -0.39 is 0 Å². The molecule has 1 atom stereocenters. The fourth-order valence-electron chi connectivity index (χ4n) is 2.32. The van der Waals surface area contributed by atoms with Crippen LogP contribution in [0.2, 0.25) is 0 Å². The second kappa shape index (κ2) is 11.0. The summed E-state index contributed by atoms with van der Waals surface area (Å²) in [6, 6.07) is 8.97. The van der Waals surface area contributed by atoms with Gasteiger partial charge in [-0.3, -0.25) is 4.99 Å². The van der Waals surface area contributed by atoms with Gasteiger partial charge >= 0.3 is 0 Å². The summed E-state index contributed by atoms with van der Waals surface area (Å²) in [4.78, 5) is 6.66. The van der Waals surface area contributed by atoms with Crippen LogP contribution < -0.4 is 11.1 Å². The predicted octanol–water partition coefficient (Wildman–Crippen LogP) is 2.18. The third-order valence-corrected chi connectivity index (χ3v) is 3.81. The highest BCUT2D eigenvalue weighted by Crippen LogP contribution is 2.19. The van der Waals surface area contributed by atoms with Crippen molar-refractivity contribution < 1.29 is 4.74 Å². The van der Waals surface area contributed by atoms with Crippen LogP contribution in [0.15, 0.2) is 29.3 Å². The molecule has 0 aliphatic carbocycles. The molecule has 0 radical (unpaired) electrons. The summed E-state index contributed by atoms with van der Waals surface area (Å²) in [7, 11) is 4.14. The van der Waals surface area contributed by atoms with E-state index in [1.165, 1.54) is 11.1 Å². The summed E-state index contributed by atoms with van der Waals surface area (Å²) >= 11 is 0. The van der Waals surface area contributed by atoms with Crippen LogP contribution in [0.3, 0.4) is 0 Å². The molecule has 1 aromatic carbocycles. The lowest BCUT2D eigenvalue weighted by molar-refractivity contribution is 0.145. The molecule has 0 saturated heterocycles. The molecule has 5 nitrogen and oxygen atoms in total. The number of guanidine groups is 1. The van der Waals surface area contributed by atoms with Crippen LogP contribution in [0.1, 0.15) is 37.4 Å². The molecule has 23 heavy (non-hydrogen) atoms. The Morgan fingerprint density at radius 3 is 2.52 bits per heavy atom. The number of benzene rings is 1. The number of rotatable bonds is 10. The van der Waals surface area contributed by atoms with E-state index in [1.54, 1.807) is 0 Å². The molecular formula is C18H32N4O. The number of aliphatic imine (C=N–C) groups is 1. The molecule has 130 valence electrons. The van der Waals surface area contributed by atoms with E-state index >= 15 is 0 Å². The number of ether oxygens (including phenoxy) is 1. The minimum Gasteiger partial charge on any atom is -0.382 e. The Bertz CT molecular complexity index is 457. The monoisotopic (exact) mass is 320 g/mol. The standard InChI is InChI=1S/C18H32N4O/c1-5-15-8-10-16(11-9-15)17(22(3)4)14-21-18(19)20-12-7-13-23-6-2/h8-11,17H,5-7,12-14H2,1-4H3,(H3,19,20,21). The summed E-state index contributed by atoms with van der Waals surface area (Å²) in [5, 5.41) is 3.13. The molecule has 0 aliphatic heterocycles. The van der Waals surface area contributed by atoms with Crippen molar-refractivity contribution in [1.29, 1.82) is 0 Å². The van der Waals surface area contributed by atoms with Gasteiger partial charge in [-0.2, -0.15) is 0 Å². The molecule has 0 heterocycles. The lowest BCUT2D eigenvalue weighted by Gasteiger charge is -2.23. The number of nitrogens with zero attached hydrogens (tertiary/aromatic N) is 2. The normalized spacial score (nSPS) is 13.3. The third-order valence-electron chi connectivity index (χ3n) is 3.81. The third kappa shape index (κ3) is 7.48. The summed E-state index contributed by atoms with van der Waals surface area (Å²) in [6.45, 7) is 7.10. The maximum atomic E-state index is 5.94. The molecular weight excluding hydrogens is 288 g/mol. The van der Waals surface area contributed by atoms with E-state index in [0.717, 1.165) is 32.6 Å². The number of nitrogens with one attached hydrogen (secondary N) is 1. The maximum absolute atomic E-state index is 5.94. The summed E-state index contributed by atoms with van der Waals surface area (Å²) < 4.78 is 5.29. The zero-order valence-corrected chi connectivity index (χ0v) is 15.0. The van der Waals surface area contributed by atoms with Crippen molar-refractivity contribution in [3.05, 3.63) is 35.4 Å². The largest absolute Gasteiger partial charge is 0.382 e. The Hall–Kier alpha value is -1.59. The smallest absolute Gasteiger partial charge is 0.188 e. The highest BCUT2D eigenvalue weighted by molar-refractivity contribution is 5.77. The second-order valence-electron chi connectivity index (χ2n) is 5.78. The minimum atomic E-state index is 0.227. The van der Waals surface area contributed by atoms with Gasteiger partial charge in [-0.25, -0.2) is 0 Å². The van der Waals surface area contributed by atoms with Crippen molar-refractivity contribution in [3.8, 4) is 0 Å². The Kier molecular flexibility index (Phi) is 9.33. The van der Waals surface area contributed by atoms with Crippen molar-refractivity contribution in [2.45, 2.75) is 32.7 Å². The van der Waals surface area contributed by atoms with Crippen LogP contribution in [0.4, 0.5) is 0 Å². The number of likely N-dealkylation sites (N-methyl/N-ethyl adjacent to an activating group) is 1. The van der Waals surface area contributed by atoms with Crippen LogP contribution in [-0.2, 0) is 11.2 Å². The van der Waals surface area contributed by atoms with E-state index in [-0.39, 0.29) is 6.04 Å². The van der Waals surface area contributed by atoms with Gasteiger partial charge in [0.2, 0.25) is 0 Å². The molecule has 5 heteroatoms. The first-order valence-electron chi connectivity index (χ1n) is 8.45. The maximum Gasteiger partial charge on any atom is 0.188 e. The number of aryl methyl sites for hydroxylation is 1. The lowest BCUT2D eigenvalue weighted by atomic mass is 10.0. The Morgan fingerprint density at radius 1 is 1.26 bits per heavy atom. The van der Waals surface area contributed by atoms with Gasteiger partial charge in [0, 0.05) is 19.8 Å². The predicted molar refractivity (Wildman–Crippen MR) is 97.9 cm³/mol. The molecule has 0 spiro atoms. The molecule has 3 N–H and O–H groups in total. The van der Waals surface area contributed by atoms with Crippen LogP contribution >= 0.6 is 0 Å². The van der Waals surface area contributed by atoms with Crippen molar-refractivity contribution >= 4 is 5.96 Å². The SMILES string of the molecule is CCOCCCNC(N)=NCC(c1ccc(CC)cc1)N(C)C.